The van der Waals surface area contributed by atoms with Crippen LogP contribution in [0, 0.1) is 0 Å². The predicted molar refractivity (Wildman–Crippen MR) is 103 cm³/mol. The molecule has 8 heteroatoms. The molecule has 1 aromatic carbocycles. The number of hydrogen-bond donors (Lipinski definition) is 0. The molecule has 0 bridgehead atoms. The van der Waals surface area contributed by atoms with Gasteiger partial charge in [-0.2, -0.15) is 5.10 Å². The first-order valence-corrected chi connectivity index (χ1v) is 9.49. The molecule has 0 spiro atoms. The number of carbonyl (C=O) groups is 1. The monoisotopic (exact) mass is 379 g/mol. The predicted octanol–water partition coefficient (Wildman–Crippen LogP) is 1.90. The third-order valence-corrected chi connectivity index (χ3v) is 5.41. The first-order valence-electron chi connectivity index (χ1n) is 9.49. The molecular formula is C20H21N5O3. The summed E-state index contributed by atoms with van der Waals surface area (Å²) in [6.45, 7) is 6.65. The number of carbonyl (C=O) groups excluding carboxylic acids is 1. The van der Waals surface area contributed by atoms with Crippen molar-refractivity contribution in [3.05, 3.63) is 42.2 Å². The first kappa shape index (κ1) is 17.0. The molecule has 2 aliphatic heterocycles. The summed E-state index contributed by atoms with van der Waals surface area (Å²) in [5.74, 6) is 1.43. The van der Waals surface area contributed by atoms with E-state index in [2.05, 4.69) is 21.9 Å². The van der Waals surface area contributed by atoms with Gasteiger partial charge >= 0.3 is 0 Å². The largest absolute Gasteiger partial charge is 0.454 e. The van der Waals surface area contributed by atoms with Crippen LogP contribution in [0.5, 0.6) is 11.5 Å². The highest BCUT2D eigenvalue weighted by Gasteiger charge is 2.25. The smallest absolute Gasteiger partial charge is 0.259 e. The topological polar surface area (TPSA) is 72.2 Å². The maximum absolute atomic E-state index is 13.0. The maximum Gasteiger partial charge on any atom is 0.259 e. The van der Waals surface area contributed by atoms with Crippen LogP contribution in [0.25, 0.3) is 16.9 Å². The van der Waals surface area contributed by atoms with Gasteiger partial charge in [-0.15, -0.1) is 0 Å². The van der Waals surface area contributed by atoms with E-state index in [1.165, 1.54) is 0 Å². The van der Waals surface area contributed by atoms with Crippen molar-refractivity contribution >= 4 is 11.6 Å². The van der Waals surface area contributed by atoms with Crippen LogP contribution < -0.4 is 9.47 Å². The minimum atomic E-state index is -0.0129. The van der Waals surface area contributed by atoms with Gasteiger partial charge in [-0.1, -0.05) is 6.92 Å². The Labute approximate surface area is 162 Å². The molecule has 5 rings (SSSR count). The van der Waals surface area contributed by atoms with Gasteiger partial charge in [0.2, 0.25) is 6.79 Å². The van der Waals surface area contributed by atoms with Crippen LogP contribution in [0.15, 0.2) is 36.7 Å². The number of nitrogens with zero attached hydrogens (tertiary/aromatic N) is 5. The lowest BCUT2D eigenvalue weighted by Gasteiger charge is -2.33. The summed E-state index contributed by atoms with van der Waals surface area (Å²) in [5, 5.41) is 4.46. The molecular weight excluding hydrogens is 358 g/mol. The molecule has 0 atom stereocenters. The number of likely N-dealkylation sites (N-methyl/N-ethyl adjacent to an activating group) is 1. The number of amides is 1. The highest BCUT2D eigenvalue weighted by molar-refractivity contribution is 6.00. The summed E-state index contributed by atoms with van der Waals surface area (Å²) < 4.78 is 12.6. The van der Waals surface area contributed by atoms with Gasteiger partial charge in [0.05, 0.1) is 11.9 Å². The Bertz CT molecular complexity index is 1040. The Morgan fingerprint density at radius 2 is 1.93 bits per heavy atom. The molecule has 0 saturated carbocycles. The Kier molecular flexibility index (Phi) is 4.12. The van der Waals surface area contributed by atoms with Gasteiger partial charge in [0.1, 0.15) is 5.56 Å². The fraction of sp³-hybridized carbons (Fsp3) is 0.350. The summed E-state index contributed by atoms with van der Waals surface area (Å²) in [4.78, 5) is 21.7. The van der Waals surface area contributed by atoms with E-state index >= 15 is 0 Å². The number of fused-ring (bicyclic) bond motifs is 2. The molecule has 28 heavy (non-hydrogen) atoms. The second-order valence-electron chi connectivity index (χ2n) is 6.92. The lowest BCUT2D eigenvalue weighted by Crippen LogP contribution is -2.48. The van der Waals surface area contributed by atoms with Crippen molar-refractivity contribution in [3.8, 4) is 22.8 Å². The van der Waals surface area contributed by atoms with E-state index in [-0.39, 0.29) is 12.7 Å². The normalized spacial score (nSPS) is 16.7. The van der Waals surface area contributed by atoms with Gasteiger partial charge in [-0.25, -0.2) is 9.50 Å². The van der Waals surface area contributed by atoms with Crippen molar-refractivity contribution < 1.29 is 14.3 Å². The molecule has 0 radical (unpaired) electrons. The Morgan fingerprint density at radius 1 is 1.11 bits per heavy atom. The Morgan fingerprint density at radius 3 is 2.75 bits per heavy atom. The SMILES string of the molecule is CCN1CCN(C(=O)c2cnn3c(-c4ccc5c(c4)OCO5)ccnc23)CC1. The molecule has 144 valence electrons. The second kappa shape index (κ2) is 6.79. The summed E-state index contributed by atoms with van der Waals surface area (Å²) in [7, 11) is 0. The fourth-order valence-corrected chi connectivity index (χ4v) is 3.75. The van der Waals surface area contributed by atoms with Crippen molar-refractivity contribution in [3.63, 3.8) is 0 Å². The number of rotatable bonds is 3. The average Bonchev–Trinajstić information content (AvgIpc) is 3.39. The van der Waals surface area contributed by atoms with Gasteiger partial charge < -0.3 is 19.3 Å². The number of benzene rings is 1. The Hall–Kier alpha value is -3.13. The van der Waals surface area contributed by atoms with E-state index in [1.807, 2.05) is 29.2 Å². The lowest BCUT2D eigenvalue weighted by molar-refractivity contribution is 0.0645. The van der Waals surface area contributed by atoms with Gasteiger partial charge in [-0.3, -0.25) is 4.79 Å². The standard InChI is InChI=1S/C20H21N5O3/c1-2-23-7-9-24(10-8-23)20(26)15-12-22-25-16(5-6-21-19(15)25)14-3-4-17-18(11-14)28-13-27-17/h3-6,11-12H,2,7-10,13H2,1H3. The molecule has 1 fully saturated rings. The second-order valence-corrected chi connectivity index (χ2v) is 6.92. The van der Waals surface area contributed by atoms with Crippen molar-refractivity contribution in [1.29, 1.82) is 0 Å². The van der Waals surface area contributed by atoms with Crippen molar-refractivity contribution in [2.75, 3.05) is 39.5 Å². The van der Waals surface area contributed by atoms with E-state index < -0.39 is 0 Å². The molecule has 1 amide bonds. The van der Waals surface area contributed by atoms with E-state index in [1.54, 1.807) is 16.9 Å². The maximum atomic E-state index is 13.0. The minimum absolute atomic E-state index is 0.0129. The molecule has 0 aliphatic carbocycles. The van der Waals surface area contributed by atoms with E-state index in [0.29, 0.717) is 17.0 Å². The number of hydrogen-bond acceptors (Lipinski definition) is 6. The third-order valence-electron chi connectivity index (χ3n) is 5.41. The summed E-state index contributed by atoms with van der Waals surface area (Å²) in [6.07, 6.45) is 3.33. The van der Waals surface area contributed by atoms with Crippen molar-refractivity contribution in [2.45, 2.75) is 6.92 Å². The van der Waals surface area contributed by atoms with Crippen LogP contribution in [0.2, 0.25) is 0 Å². The van der Waals surface area contributed by atoms with E-state index in [4.69, 9.17) is 9.47 Å². The number of piperazine rings is 1. The fourth-order valence-electron chi connectivity index (χ4n) is 3.75. The highest BCUT2D eigenvalue weighted by Crippen LogP contribution is 2.35. The molecule has 4 heterocycles. The van der Waals surface area contributed by atoms with Crippen molar-refractivity contribution in [1.82, 2.24) is 24.4 Å². The van der Waals surface area contributed by atoms with Crippen LogP contribution >= 0.6 is 0 Å². The summed E-state index contributed by atoms with van der Waals surface area (Å²) in [6, 6.07) is 7.64. The third kappa shape index (κ3) is 2.77. The Balaban J connectivity index is 1.48. The average molecular weight is 379 g/mol. The van der Waals surface area contributed by atoms with Gasteiger partial charge in [-0.05, 0) is 30.8 Å². The molecule has 2 aliphatic rings. The molecule has 0 unspecified atom stereocenters. The van der Waals surface area contributed by atoms with Crippen molar-refractivity contribution in [2.24, 2.45) is 0 Å². The zero-order chi connectivity index (χ0) is 19.1. The van der Waals surface area contributed by atoms with Crippen LogP contribution in [-0.2, 0) is 0 Å². The van der Waals surface area contributed by atoms with Gasteiger partial charge in [0, 0.05) is 37.9 Å². The zero-order valence-electron chi connectivity index (χ0n) is 15.7. The van der Waals surface area contributed by atoms with Crippen LogP contribution in [-0.4, -0.2) is 69.8 Å². The van der Waals surface area contributed by atoms with Gasteiger partial charge in [0.15, 0.2) is 17.1 Å². The number of aromatic nitrogens is 3. The van der Waals surface area contributed by atoms with E-state index in [9.17, 15) is 4.79 Å². The molecule has 1 saturated heterocycles. The summed E-state index contributed by atoms with van der Waals surface area (Å²) >= 11 is 0. The van der Waals surface area contributed by atoms with E-state index in [0.717, 1.165) is 49.7 Å². The quantitative estimate of drug-likeness (QED) is 0.692. The zero-order valence-corrected chi connectivity index (χ0v) is 15.7. The van der Waals surface area contributed by atoms with Gasteiger partial charge in [0.25, 0.3) is 5.91 Å². The van der Waals surface area contributed by atoms with Crippen LogP contribution in [0.1, 0.15) is 17.3 Å². The van der Waals surface area contributed by atoms with Crippen LogP contribution in [0.4, 0.5) is 0 Å². The minimum Gasteiger partial charge on any atom is -0.454 e. The van der Waals surface area contributed by atoms with Crippen LogP contribution in [0.3, 0.4) is 0 Å². The summed E-state index contributed by atoms with van der Waals surface area (Å²) in [5.41, 5.74) is 2.87. The number of ether oxygens (including phenoxy) is 2. The molecule has 3 aromatic rings. The molecule has 8 nitrogen and oxygen atoms in total. The molecule has 2 aromatic heterocycles. The highest BCUT2D eigenvalue weighted by atomic mass is 16.7. The molecule has 0 N–H and O–H groups in total. The lowest BCUT2D eigenvalue weighted by atomic mass is 10.1. The first-order chi connectivity index (χ1) is 13.7.